The lowest BCUT2D eigenvalue weighted by molar-refractivity contribution is 0.0949. The number of nitrogens with one attached hydrogen (secondary N) is 1. The summed E-state index contributed by atoms with van der Waals surface area (Å²) in [6.07, 6.45) is 0. The van der Waals surface area contributed by atoms with Crippen molar-refractivity contribution in [3.8, 4) is 0 Å². The van der Waals surface area contributed by atoms with Crippen LogP contribution in [0.2, 0.25) is 0 Å². The van der Waals surface area contributed by atoms with Crippen LogP contribution in [0.5, 0.6) is 0 Å². The first-order valence-corrected chi connectivity index (χ1v) is 8.22. The van der Waals surface area contributed by atoms with Gasteiger partial charge in [-0.1, -0.05) is 18.2 Å². The van der Waals surface area contributed by atoms with Crippen LogP contribution in [-0.4, -0.2) is 21.4 Å². The molecule has 2 aromatic carbocycles. The number of benzene rings is 2. The molecule has 0 unspecified atom stereocenters. The fourth-order valence-corrected chi connectivity index (χ4v) is 2.59. The van der Waals surface area contributed by atoms with Crippen LogP contribution in [0.25, 0.3) is 10.8 Å². The van der Waals surface area contributed by atoms with E-state index in [0.717, 1.165) is 12.1 Å². The third kappa shape index (κ3) is 3.59. The molecule has 138 valence electrons. The number of halogens is 2. The summed E-state index contributed by atoms with van der Waals surface area (Å²) < 4.78 is 27.6. The van der Waals surface area contributed by atoms with Gasteiger partial charge in [0.2, 0.25) is 0 Å². The highest BCUT2D eigenvalue weighted by molar-refractivity contribution is 6.06. The van der Waals surface area contributed by atoms with E-state index < -0.39 is 17.5 Å². The van der Waals surface area contributed by atoms with Crippen molar-refractivity contribution in [1.82, 2.24) is 15.2 Å². The zero-order chi connectivity index (χ0) is 19.6. The standard InChI is InChI=1S/C19H16F2N4O2/c1-3-25-19(27)14-7-5-4-6-13(14)17(24-25)18(26)23-22-11(2)12-8-9-15(20)16(21)10-12/h4-10H,3H2,1-2H3,(H,23,26)/b22-11-. The molecule has 0 radical (unpaired) electrons. The molecule has 27 heavy (non-hydrogen) atoms. The molecule has 0 aliphatic rings. The number of hydrogen-bond acceptors (Lipinski definition) is 4. The van der Waals surface area contributed by atoms with Gasteiger partial charge in [0.15, 0.2) is 17.3 Å². The average molecular weight is 370 g/mol. The van der Waals surface area contributed by atoms with Gasteiger partial charge in [0.1, 0.15) is 0 Å². The number of rotatable bonds is 4. The van der Waals surface area contributed by atoms with Crippen molar-refractivity contribution in [1.29, 1.82) is 0 Å². The maximum Gasteiger partial charge on any atom is 0.292 e. The summed E-state index contributed by atoms with van der Waals surface area (Å²) in [7, 11) is 0. The summed E-state index contributed by atoms with van der Waals surface area (Å²) >= 11 is 0. The molecule has 6 nitrogen and oxygen atoms in total. The molecule has 0 fully saturated rings. The lowest BCUT2D eigenvalue weighted by Gasteiger charge is -2.09. The number of aromatic nitrogens is 2. The van der Waals surface area contributed by atoms with Crippen molar-refractivity contribution < 1.29 is 13.6 Å². The zero-order valence-corrected chi connectivity index (χ0v) is 14.7. The minimum Gasteiger partial charge on any atom is -0.267 e. The van der Waals surface area contributed by atoms with E-state index in [1.54, 1.807) is 38.1 Å². The second-order valence-corrected chi connectivity index (χ2v) is 5.78. The Morgan fingerprint density at radius 2 is 1.85 bits per heavy atom. The molecule has 8 heteroatoms. The third-order valence-corrected chi connectivity index (χ3v) is 4.04. The van der Waals surface area contributed by atoms with Crippen molar-refractivity contribution in [3.63, 3.8) is 0 Å². The van der Waals surface area contributed by atoms with Gasteiger partial charge in [0, 0.05) is 17.5 Å². The van der Waals surface area contributed by atoms with E-state index in [2.05, 4.69) is 15.6 Å². The Bertz CT molecular complexity index is 1120. The van der Waals surface area contributed by atoms with Crippen LogP contribution in [0.1, 0.15) is 29.9 Å². The molecule has 0 aliphatic carbocycles. The second-order valence-electron chi connectivity index (χ2n) is 5.78. The monoisotopic (exact) mass is 370 g/mol. The number of amides is 1. The molecule has 3 aromatic rings. The first kappa shape index (κ1) is 18.4. The number of hydrogen-bond donors (Lipinski definition) is 1. The summed E-state index contributed by atoms with van der Waals surface area (Å²) in [6.45, 7) is 3.60. The summed E-state index contributed by atoms with van der Waals surface area (Å²) in [5.41, 5.74) is 2.73. The number of carbonyl (C=O) groups is 1. The number of nitrogens with zero attached hydrogens (tertiary/aromatic N) is 3. The van der Waals surface area contributed by atoms with Crippen LogP contribution in [0.3, 0.4) is 0 Å². The molecule has 0 bridgehead atoms. The predicted octanol–water partition coefficient (Wildman–Crippen LogP) is 2.85. The molecular formula is C19H16F2N4O2. The molecule has 1 heterocycles. The average Bonchev–Trinajstić information content (AvgIpc) is 2.68. The number of fused-ring (bicyclic) bond motifs is 1. The Hall–Kier alpha value is -3.42. The second kappa shape index (κ2) is 7.45. The smallest absolute Gasteiger partial charge is 0.267 e. The Labute approximate surface area is 153 Å². The molecule has 3 rings (SSSR count). The van der Waals surface area contributed by atoms with Crippen molar-refractivity contribution >= 4 is 22.4 Å². The van der Waals surface area contributed by atoms with Gasteiger partial charge in [-0.3, -0.25) is 9.59 Å². The normalized spacial score (nSPS) is 11.6. The fraction of sp³-hybridized carbons (Fsp3) is 0.158. The third-order valence-electron chi connectivity index (χ3n) is 4.04. The summed E-state index contributed by atoms with van der Waals surface area (Å²) in [6, 6.07) is 9.99. The molecule has 0 saturated carbocycles. The topological polar surface area (TPSA) is 76.3 Å². The summed E-state index contributed by atoms with van der Waals surface area (Å²) in [4.78, 5) is 24.9. The SMILES string of the molecule is CCn1nc(C(=O)N/N=C(/C)c2ccc(F)c(F)c2)c2ccccc2c1=O. The molecule has 0 atom stereocenters. The first-order valence-electron chi connectivity index (χ1n) is 8.22. The van der Waals surface area contributed by atoms with Crippen LogP contribution in [0.15, 0.2) is 52.4 Å². The van der Waals surface area contributed by atoms with E-state index in [9.17, 15) is 18.4 Å². The van der Waals surface area contributed by atoms with Gasteiger partial charge in [0.05, 0.1) is 11.1 Å². The molecular weight excluding hydrogens is 354 g/mol. The van der Waals surface area contributed by atoms with Gasteiger partial charge >= 0.3 is 0 Å². The molecule has 1 aromatic heterocycles. The Morgan fingerprint density at radius 3 is 2.52 bits per heavy atom. The molecule has 1 N–H and O–H groups in total. The minimum absolute atomic E-state index is 0.0499. The lowest BCUT2D eigenvalue weighted by Crippen LogP contribution is -2.28. The van der Waals surface area contributed by atoms with Crippen LogP contribution >= 0.6 is 0 Å². The zero-order valence-electron chi connectivity index (χ0n) is 14.7. The molecule has 0 spiro atoms. The van der Waals surface area contributed by atoms with Gasteiger partial charge in [0.25, 0.3) is 11.5 Å². The molecule has 0 aliphatic heterocycles. The Kier molecular flexibility index (Phi) is 5.07. The summed E-state index contributed by atoms with van der Waals surface area (Å²) in [5, 5.41) is 8.82. The Morgan fingerprint density at radius 1 is 1.15 bits per heavy atom. The van der Waals surface area contributed by atoms with Gasteiger partial charge in [-0.2, -0.15) is 10.2 Å². The van der Waals surface area contributed by atoms with Gasteiger partial charge in [-0.15, -0.1) is 0 Å². The fourth-order valence-electron chi connectivity index (χ4n) is 2.59. The molecule has 0 saturated heterocycles. The molecule has 1 amide bonds. The van der Waals surface area contributed by atoms with Gasteiger partial charge in [-0.25, -0.2) is 18.9 Å². The highest BCUT2D eigenvalue weighted by Crippen LogP contribution is 2.13. The largest absolute Gasteiger partial charge is 0.292 e. The highest BCUT2D eigenvalue weighted by atomic mass is 19.2. The number of hydrazone groups is 1. The van der Waals surface area contributed by atoms with E-state index in [4.69, 9.17) is 0 Å². The van der Waals surface area contributed by atoms with Crippen LogP contribution in [0, 0.1) is 11.6 Å². The first-order chi connectivity index (χ1) is 12.9. The van der Waals surface area contributed by atoms with Crippen molar-refractivity contribution in [2.45, 2.75) is 20.4 Å². The maximum absolute atomic E-state index is 13.3. The van der Waals surface area contributed by atoms with E-state index in [-0.39, 0.29) is 17.0 Å². The predicted molar refractivity (Wildman–Crippen MR) is 97.7 cm³/mol. The lowest BCUT2D eigenvalue weighted by atomic mass is 10.1. The number of carbonyl (C=O) groups excluding carboxylic acids is 1. The number of aryl methyl sites for hydroxylation is 1. The van der Waals surface area contributed by atoms with Gasteiger partial charge in [-0.05, 0) is 38.1 Å². The van der Waals surface area contributed by atoms with Crippen LogP contribution in [-0.2, 0) is 6.54 Å². The van der Waals surface area contributed by atoms with E-state index in [1.165, 1.54) is 10.7 Å². The van der Waals surface area contributed by atoms with Gasteiger partial charge < -0.3 is 0 Å². The van der Waals surface area contributed by atoms with Crippen molar-refractivity contribution in [3.05, 3.63) is 75.7 Å². The van der Waals surface area contributed by atoms with Crippen LogP contribution < -0.4 is 11.0 Å². The summed E-state index contributed by atoms with van der Waals surface area (Å²) in [5.74, 6) is -2.58. The highest BCUT2D eigenvalue weighted by Gasteiger charge is 2.16. The van der Waals surface area contributed by atoms with Crippen molar-refractivity contribution in [2.24, 2.45) is 5.10 Å². The van der Waals surface area contributed by atoms with E-state index in [1.807, 2.05) is 0 Å². The van der Waals surface area contributed by atoms with Crippen molar-refractivity contribution in [2.75, 3.05) is 0 Å². The minimum atomic E-state index is -1.00. The van der Waals surface area contributed by atoms with E-state index >= 15 is 0 Å². The Balaban J connectivity index is 1.95. The maximum atomic E-state index is 13.3. The van der Waals surface area contributed by atoms with Crippen LogP contribution in [0.4, 0.5) is 8.78 Å². The van der Waals surface area contributed by atoms with E-state index in [0.29, 0.717) is 22.9 Å². The quantitative estimate of drug-likeness (QED) is 0.567.